The van der Waals surface area contributed by atoms with Gasteiger partial charge in [-0.25, -0.2) is 4.39 Å². The normalized spacial score (nSPS) is 26.0. The molecule has 8 nitrogen and oxygen atoms in total. The molecule has 2 N–H and O–H groups in total. The van der Waals surface area contributed by atoms with Crippen molar-refractivity contribution in [2.45, 2.75) is 55.5 Å². The molecule has 0 spiro atoms. The van der Waals surface area contributed by atoms with E-state index in [9.17, 15) is 18.8 Å². The van der Waals surface area contributed by atoms with Gasteiger partial charge in [0, 0.05) is 25.7 Å². The van der Waals surface area contributed by atoms with E-state index in [0.717, 1.165) is 11.8 Å². The second-order valence-electron chi connectivity index (χ2n) is 6.39. The third kappa shape index (κ3) is 6.64. The number of benzene rings is 1. The quantitative estimate of drug-likeness (QED) is 0.312. The summed E-state index contributed by atoms with van der Waals surface area (Å²) in [6.07, 6.45) is -2.91. The van der Waals surface area contributed by atoms with Crippen molar-refractivity contribution in [1.82, 2.24) is 0 Å². The average Bonchev–Trinajstić information content (AvgIpc) is 2.63. The van der Waals surface area contributed by atoms with Crippen LogP contribution in [0.5, 0.6) is 0 Å². The van der Waals surface area contributed by atoms with Gasteiger partial charge in [0.15, 0.2) is 11.9 Å². The van der Waals surface area contributed by atoms with Gasteiger partial charge in [0.2, 0.25) is 0 Å². The molecule has 1 aliphatic heterocycles. The van der Waals surface area contributed by atoms with Crippen molar-refractivity contribution in [1.29, 1.82) is 0 Å². The van der Waals surface area contributed by atoms with E-state index < -0.39 is 53.5 Å². The molecule has 1 aromatic rings. The van der Waals surface area contributed by atoms with Crippen molar-refractivity contribution >= 4 is 61.5 Å². The molecule has 166 valence electrons. The van der Waals surface area contributed by atoms with Gasteiger partial charge in [-0.1, -0.05) is 11.8 Å². The summed E-state index contributed by atoms with van der Waals surface area (Å²) in [5, 5.41) is 0. The zero-order valence-corrected chi connectivity index (χ0v) is 20.2. The fraction of sp³-hybridized carbons (Fsp3) is 0.500. The number of thioether (sulfide) groups is 1. The summed E-state index contributed by atoms with van der Waals surface area (Å²) in [6, 6.07) is 2.10. The van der Waals surface area contributed by atoms with Crippen molar-refractivity contribution in [3.8, 4) is 0 Å². The number of halogens is 3. The van der Waals surface area contributed by atoms with Gasteiger partial charge in [0.05, 0.1) is 15.0 Å². The predicted octanol–water partition coefficient (Wildman–Crippen LogP) is 2.92. The first-order chi connectivity index (χ1) is 14.0. The average molecular weight is 573 g/mol. The Morgan fingerprint density at radius 3 is 2.10 bits per heavy atom. The summed E-state index contributed by atoms with van der Waals surface area (Å²) in [5.41, 5.74) is 5.43. The van der Waals surface area contributed by atoms with E-state index in [1.54, 1.807) is 0 Å². The summed E-state index contributed by atoms with van der Waals surface area (Å²) in [7, 11) is 0. The van der Waals surface area contributed by atoms with Crippen LogP contribution in [0, 0.1) is 5.82 Å². The Kier molecular flexibility index (Phi) is 9.10. The Morgan fingerprint density at radius 2 is 1.60 bits per heavy atom. The van der Waals surface area contributed by atoms with Crippen LogP contribution in [0.15, 0.2) is 26.0 Å². The highest BCUT2D eigenvalue weighted by molar-refractivity contribution is 9.11. The van der Waals surface area contributed by atoms with Crippen molar-refractivity contribution in [3.63, 3.8) is 0 Å². The van der Waals surface area contributed by atoms with Gasteiger partial charge in [-0.2, -0.15) is 0 Å². The van der Waals surface area contributed by atoms with Crippen LogP contribution in [0.3, 0.4) is 0 Å². The molecule has 0 radical (unpaired) electrons. The summed E-state index contributed by atoms with van der Waals surface area (Å²) in [5.74, 6) is -2.25. The number of hydrogen-bond donors (Lipinski definition) is 1. The molecule has 1 aliphatic rings. The van der Waals surface area contributed by atoms with E-state index in [1.165, 1.54) is 32.9 Å². The molecular formula is C18H20Br2FNO7S. The Labute approximate surface area is 193 Å². The SMILES string of the molecule is CC(=O)OCC1OC(Sc2cc(Br)c(F)c(Br)c2)C(OC(C)=O)C(N)C1OC(C)=O. The van der Waals surface area contributed by atoms with E-state index in [2.05, 4.69) is 31.9 Å². The van der Waals surface area contributed by atoms with Gasteiger partial charge in [-0.05, 0) is 44.0 Å². The number of rotatable bonds is 6. The molecule has 1 fully saturated rings. The Balaban J connectivity index is 2.35. The van der Waals surface area contributed by atoms with Crippen LogP contribution >= 0.6 is 43.6 Å². The van der Waals surface area contributed by atoms with Gasteiger partial charge >= 0.3 is 17.9 Å². The number of carbonyl (C=O) groups is 3. The van der Waals surface area contributed by atoms with Crippen LogP contribution in [0.4, 0.5) is 4.39 Å². The molecule has 0 aromatic heterocycles. The van der Waals surface area contributed by atoms with Crippen LogP contribution in [-0.2, 0) is 33.3 Å². The van der Waals surface area contributed by atoms with Crippen LogP contribution in [0.2, 0.25) is 0 Å². The van der Waals surface area contributed by atoms with Crippen LogP contribution < -0.4 is 5.73 Å². The monoisotopic (exact) mass is 571 g/mol. The zero-order valence-electron chi connectivity index (χ0n) is 16.2. The number of nitrogens with two attached hydrogens (primary N) is 1. The lowest BCUT2D eigenvalue weighted by Crippen LogP contribution is -2.63. The maximum absolute atomic E-state index is 13.9. The van der Waals surface area contributed by atoms with E-state index >= 15 is 0 Å². The molecule has 30 heavy (non-hydrogen) atoms. The maximum Gasteiger partial charge on any atom is 0.303 e. The van der Waals surface area contributed by atoms with Gasteiger partial charge in [0.1, 0.15) is 24.3 Å². The molecule has 0 aliphatic carbocycles. The molecule has 2 rings (SSSR count). The van der Waals surface area contributed by atoms with Crippen molar-refractivity contribution in [2.24, 2.45) is 5.73 Å². The zero-order chi connectivity index (χ0) is 22.6. The first-order valence-electron chi connectivity index (χ1n) is 8.69. The van der Waals surface area contributed by atoms with E-state index in [-0.39, 0.29) is 15.6 Å². The highest BCUT2D eigenvalue weighted by Crippen LogP contribution is 2.38. The number of hydrogen-bond acceptors (Lipinski definition) is 9. The minimum Gasteiger partial charge on any atom is -0.463 e. The molecule has 12 heteroatoms. The summed E-state index contributed by atoms with van der Waals surface area (Å²) in [4.78, 5) is 35.0. The van der Waals surface area contributed by atoms with E-state index in [0.29, 0.717) is 4.90 Å². The number of carbonyl (C=O) groups excluding carboxylic acids is 3. The van der Waals surface area contributed by atoms with Crippen LogP contribution in [0.1, 0.15) is 20.8 Å². The predicted molar refractivity (Wildman–Crippen MR) is 112 cm³/mol. The smallest absolute Gasteiger partial charge is 0.303 e. The Morgan fingerprint density at radius 1 is 1.07 bits per heavy atom. The summed E-state index contributed by atoms with van der Waals surface area (Å²) >= 11 is 7.40. The number of esters is 3. The molecule has 1 saturated heterocycles. The second kappa shape index (κ2) is 10.9. The molecule has 1 heterocycles. The molecule has 0 saturated carbocycles. The number of ether oxygens (including phenoxy) is 4. The first-order valence-corrected chi connectivity index (χ1v) is 11.2. The summed E-state index contributed by atoms with van der Waals surface area (Å²) in [6.45, 7) is 3.42. The largest absolute Gasteiger partial charge is 0.463 e. The molecule has 1 aromatic carbocycles. The highest BCUT2D eigenvalue weighted by atomic mass is 79.9. The first kappa shape index (κ1) is 25.1. The molecule has 5 atom stereocenters. The molecule has 0 bridgehead atoms. The second-order valence-corrected chi connectivity index (χ2v) is 9.27. The lowest BCUT2D eigenvalue weighted by Gasteiger charge is -2.43. The van der Waals surface area contributed by atoms with Gasteiger partial charge in [0.25, 0.3) is 0 Å². The van der Waals surface area contributed by atoms with Crippen molar-refractivity contribution in [3.05, 3.63) is 26.9 Å². The van der Waals surface area contributed by atoms with E-state index in [4.69, 9.17) is 24.7 Å². The fourth-order valence-electron chi connectivity index (χ4n) is 2.78. The minimum atomic E-state index is -1.02. The van der Waals surface area contributed by atoms with Gasteiger partial charge in [-0.15, -0.1) is 0 Å². The van der Waals surface area contributed by atoms with Crippen molar-refractivity contribution in [2.75, 3.05) is 6.61 Å². The summed E-state index contributed by atoms with van der Waals surface area (Å²) < 4.78 is 35.9. The maximum atomic E-state index is 13.9. The van der Waals surface area contributed by atoms with Gasteiger partial charge in [-0.3, -0.25) is 14.4 Å². The molecular weight excluding hydrogens is 553 g/mol. The standard InChI is InChI=1S/C18H20Br2FNO7S/c1-7(23)26-6-13-16(27-8(2)24)15(22)17(28-9(3)25)18(29-13)30-10-4-11(19)14(21)12(20)5-10/h4-5,13,15-18H,6,22H2,1-3H3. The van der Waals surface area contributed by atoms with Crippen LogP contribution in [0.25, 0.3) is 0 Å². The lowest BCUT2D eigenvalue weighted by molar-refractivity contribution is -0.201. The third-order valence-electron chi connectivity index (χ3n) is 3.97. The molecule has 5 unspecified atom stereocenters. The minimum absolute atomic E-state index is 0.220. The fourth-order valence-corrected chi connectivity index (χ4v) is 5.48. The highest BCUT2D eigenvalue weighted by Gasteiger charge is 2.48. The van der Waals surface area contributed by atoms with Crippen molar-refractivity contribution < 1.29 is 37.7 Å². The lowest BCUT2D eigenvalue weighted by atomic mass is 9.97. The molecule has 0 amide bonds. The Hall–Kier alpha value is -1.21. The Bertz CT molecular complexity index is 803. The van der Waals surface area contributed by atoms with Gasteiger partial charge < -0.3 is 24.7 Å². The topological polar surface area (TPSA) is 114 Å². The van der Waals surface area contributed by atoms with Crippen LogP contribution in [-0.4, -0.2) is 54.3 Å². The van der Waals surface area contributed by atoms with E-state index in [1.807, 2.05) is 0 Å². The third-order valence-corrected chi connectivity index (χ3v) is 6.24.